The van der Waals surface area contributed by atoms with Crippen molar-refractivity contribution in [2.75, 3.05) is 33.4 Å². The highest BCUT2D eigenvalue weighted by atomic mass is 16.5. The summed E-state index contributed by atoms with van der Waals surface area (Å²) < 4.78 is 11.2. The van der Waals surface area contributed by atoms with Crippen LogP contribution in [0.15, 0.2) is 39.9 Å². The third kappa shape index (κ3) is 6.71. The van der Waals surface area contributed by atoms with Gasteiger partial charge in [0.05, 0.1) is 5.69 Å². The summed E-state index contributed by atoms with van der Waals surface area (Å²) in [7, 11) is 1.78. The fraction of sp³-hybridized carbons (Fsp3) is 0.524. The summed E-state index contributed by atoms with van der Waals surface area (Å²) in [6.07, 6.45) is 6.17. The van der Waals surface area contributed by atoms with Gasteiger partial charge in [-0.15, -0.1) is 0 Å². The standard InChI is InChI=1S/C21H30N4O2/c1-16-4-8-18(9-5-16)20-25-19(15-27-20)10-12-24-21(22-2)23-11-3-13-26-14-17-6-7-17/h4-5,8-9,15,17H,3,6-7,10-14H2,1-2H3,(H2,22,23,24). The molecule has 1 aliphatic rings. The van der Waals surface area contributed by atoms with Gasteiger partial charge < -0.3 is 19.8 Å². The van der Waals surface area contributed by atoms with E-state index in [0.717, 1.165) is 62.3 Å². The lowest BCUT2D eigenvalue weighted by Crippen LogP contribution is -2.39. The first-order chi connectivity index (χ1) is 13.2. The van der Waals surface area contributed by atoms with E-state index in [0.29, 0.717) is 5.89 Å². The maximum absolute atomic E-state index is 5.64. The third-order valence-electron chi connectivity index (χ3n) is 4.56. The molecule has 1 saturated carbocycles. The third-order valence-corrected chi connectivity index (χ3v) is 4.56. The van der Waals surface area contributed by atoms with E-state index in [-0.39, 0.29) is 0 Å². The summed E-state index contributed by atoms with van der Waals surface area (Å²) in [6, 6.07) is 8.19. The zero-order chi connectivity index (χ0) is 18.9. The van der Waals surface area contributed by atoms with Gasteiger partial charge >= 0.3 is 0 Å². The zero-order valence-corrected chi connectivity index (χ0v) is 16.3. The Morgan fingerprint density at radius 1 is 1.22 bits per heavy atom. The molecular formula is C21H30N4O2. The summed E-state index contributed by atoms with van der Waals surface area (Å²) in [4.78, 5) is 8.81. The van der Waals surface area contributed by atoms with Crippen molar-refractivity contribution in [3.63, 3.8) is 0 Å². The van der Waals surface area contributed by atoms with Crippen molar-refractivity contribution in [3.8, 4) is 11.5 Å². The average Bonchev–Trinajstić information content (AvgIpc) is 3.39. The first-order valence-corrected chi connectivity index (χ1v) is 9.78. The number of hydrogen-bond acceptors (Lipinski definition) is 4. The van der Waals surface area contributed by atoms with Crippen molar-refractivity contribution in [1.29, 1.82) is 0 Å². The predicted octanol–water partition coefficient (Wildman–Crippen LogP) is 3.17. The molecule has 2 aromatic rings. The maximum atomic E-state index is 5.64. The minimum Gasteiger partial charge on any atom is -0.444 e. The van der Waals surface area contributed by atoms with E-state index in [1.807, 2.05) is 12.1 Å². The van der Waals surface area contributed by atoms with Crippen molar-refractivity contribution in [3.05, 3.63) is 41.8 Å². The van der Waals surface area contributed by atoms with Crippen LogP contribution in [0.3, 0.4) is 0 Å². The van der Waals surface area contributed by atoms with E-state index in [1.165, 1.54) is 18.4 Å². The lowest BCUT2D eigenvalue weighted by Gasteiger charge is -2.11. The Balaban J connectivity index is 1.32. The summed E-state index contributed by atoms with van der Waals surface area (Å²) in [5, 5.41) is 6.62. The number of guanidine groups is 1. The number of nitrogens with one attached hydrogen (secondary N) is 2. The number of benzene rings is 1. The van der Waals surface area contributed by atoms with Crippen molar-refractivity contribution in [1.82, 2.24) is 15.6 Å². The molecule has 0 spiro atoms. The summed E-state index contributed by atoms with van der Waals surface area (Å²) in [5.41, 5.74) is 3.16. The molecule has 27 heavy (non-hydrogen) atoms. The van der Waals surface area contributed by atoms with Crippen LogP contribution in [-0.2, 0) is 11.2 Å². The minimum atomic E-state index is 0.665. The largest absolute Gasteiger partial charge is 0.444 e. The van der Waals surface area contributed by atoms with E-state index in [2.05, 4.69) is 39.7 Å². The van der Waals surface area contributed by atoms with Crippen molar-refractivity contribution in [2.45, 2.75) is 32.6 Å². The van der Waals surface area contributed by atoms with Crippen molar-refractivity contribution < 1.29 is 9.15 Å². The molecule has 6 heteroatoms. The van der Waals surface area contributed by atoms with Gasteiger partial charge in [-0.25, -0.2) is 4.98 Å². The lowest BCUT2D eigenvalue weighted by atomic mass is 10.1. The van der Waals surface area contributed by atoms with Crippen LogP contribution in [-0.4, -0.2) is 44.3 Å². The molecule has 0 saturated heterocycles. The van der Waals surface area contributed by atoms with Crippen molar-refractivity contribution in [2.24, 2.45) is 10.9 Å². The molecule has 1 aromatic heterocycles. The molecule has 0 radical (unpaired) electrons. The van der Waals surface area contributed by atoms with Gasteiger partial charge in [0.25, 0.3) is 0 Å². The number of aliphatic imine (C=N–C) groups is 1. The number of ether oxygens (including phenoxy) is 1. The van der Waals surface area contributed by atoms with Crippen LogP contribution < -0.4 is 10.6 Å². The predicted molar refractivity (Wildman–Crippen MR) is 108 cm³/mol. The average molecular weight is 370 g/mol. The van der Waals surface area contributed by atoms with Gasteiger partial charge in [0.2, 0.25) is 5.89 Å². The maximum Gasteiger partial charge on any atom is 0.226 e. The Hall–Kier alpha value is -2.34. The SMILES string of the molecule is CN=C(NCCCOCC1CC1)NCCc1coc(-c2ccc(C)cc2)n1. The quantitative estimate of drug-likeness (QED) is 0.382. The zero-order valence-electron chi connectivity index (χ0n) is 16.3. The number of nitrogens with zero attached hydrogens (tertiary/aromatic N) is 2. The van der Waals surface area contributed by atoms with Gasteiger partial charge in [-0.05, 0) is 44.2 Å². The molecule has 146 valence electrons. The van der Waals surface area contributed by atoms with Gasteiger partial charge in [-0.2, -0.15) is 0 Å². The molecule has 3 rings (SSSR count). The number of hydrogen-bond donors (Lipinski definition) is 2. The molecule has 6 nitrogen and oxygen atoms in total. The molecule has 0 bridgehead atoms. The molecule has 0 amide bonds. The molecule has 1 aromatic carbocycles. The Bertz CT molecular complexity index is 720. The normalized spacial score (nSPS) is 14.4. The molecule has 2 N–H and O–H groups in total. The molecule has 0 aliphatic heterocycles. The molecule has 1 heterocycles. The second-order valence-corrected chi connectivity index (χ2v) is 7.06. The van der Waals surface area contributed by atoms with Gasteiger partial charge in [-0.1, -0.05) is 17.7 Å². The van der Waals surface area contributed by atoms with Crippen LogP contribution in [0.1, 0.15) is 30.5 Å². The molecule has 1 aliphatic carbocycles. The molecule has 1 fully saturated rings. The van der Waals surface area contributed by atoms with E-state index in [1.54, 1.807) is 13.3 Å². The van der Waals surface area contributed by atoms with E-state index in [9.17, 15) is 0 Å². The molecule has 0 atom stereocenters. The number of aromatic nitrogens is 1. The first-order valence-electron chi connectivity index (χ1n) is 9.78. The first kappa shape index (κ1) is 19.4. The Labute approximate surface area is 161 Å². The van der Waals surface area contributed by atoms with Crippen LogP contribution >= 0.6 is 0 Å². The highest BCUT2D eigenvalue weighted by Gasteiger charge is 2.20. The summed E-state index contributed by atoms with van der Waals surface area (Å²) in [6.45, 7) is 5.40. The minimum absolute atomic E-state index is 0.665. The second-order valence-electron chi connectivity index (χ2n) is 7.06. The van der Waals surface area contributed by atoms with Crippen LogP contribution in [0.2, 0.25) is 0 Å². The van der Waals surface area contributed by atoms with E-state index < -0.39 is 0 Å². The Morgan fingerprint density at radius 2 is 2.00 bits per heavy atom. The molecule has 0 unspecified atom stereocenters. The van der Waals surface area contributed by atoms with Gasteiger partial charge in [0.1, 0.15) is 6.26 Å². The fourth-order valence-electron chi connectivity index (χ4n) is 2.70. The summed E-state index contributed by atoms with van der Waals surface area (Å²) >= 11 is 0. The van der Waals surface area contributed by atoms with Crippen LogP contribution in [0.5, 0.6) is 0 Å². The van der Waals surface area contributed by atoms with Crippen LogP contribution in [0, 0.1) is 12.8 Å². The number of rotatable bonds is 10. The Morgan fingerprint density at radius 3 is 2.74 bits per heavy atom. The summed E-state index contributed by atoms with van der Waals surface area (Å²) in [5.74, 6) is 2.30. The topological polar surface area (TPSA) is 71.7 Å². The number of oxazole rings is 1. The lowest BCUT2D eigenvalue weighted by molar-refractivity contribution is 0.123. The smallest absolute Gasteiger partial charge is 0.226 e. The van der Waals surface area contributed by atoms with Gasteiger partial charge in [-0.3, -0.25) is 4.99 Å². The monoisotopic (exact) mass is 370 g/mol. The van der Waals surface area contributed by atoms with Crippen molar-refractivity contribution >= 4 is 5.96 Å². The fourth-order valence-corrected chi connectivity index (χ4v) is 2.70. The van der Waals surface area contributed by atoms with E-state index in [4.69, 9.17) is 9.15 Å². The van der Waals surface area contributed by atoms with Crippen LogP contribution in [0.25, 0.3) is 11.5 Å². The molecular weight excluding hydrogens is 340 g/mol. The second kappa shape index (κ2) is 10.1. The highest BCUT2D eigenvalue weighted by Crippen LogP contribution is 2.28. The van der Waals surface area contributed by atoms with Crippen LogP contribution in [0.4, 0.5) is 0 Å². The van der Waals surface area contributed by atoms with Gasteiger partial charge in [0, 0.05) is 45.3 Å². The highest BCUT2D eigenvalue weighted by molar-refractivity contribution is 5.79. The number of aryl methyl sites for hydroxylation is 1. The van der Waals surface area contributed by atoms with Gasteiger partial charge in [0.15, 0.2) is 5.96 Å². The Kier molecular flexibility index (Phi) is 7.27. The van der Waals surface area contributed by atoms with E-state index >= 15 is 0 Å².